The van der Waals surface area contributed by atoms with Crippen molar-refractivity contribution in [3.8, 4) is 0 Å². The van der Waals surface area contributed by atoms with Gasteiger partial charge in [-0.2, -0.15) is 0 Å². The Balaban J connectivity index is 1.98. The lowest BCUT2D eigenvalue weighted by atomic mass is 10.0. The molecule has 0 radical (unpaired) electrons. The quantitative estimate of drug-likeness (QED) is 0.826. The van der Waals surface area contributed by atoms with Gasteiger partial charge < -0.3 is 14.8 Å². The van der Waals surface area contributed by atoms with E-state index in [2.05, 4.69) is 17.2 Å². The second kappa shape index (κ2) is 8.59. The van der Waals surface area contributed by atoms with E-state index >= 15 is 0 Å². The fraction of sp³-hybridized carbons (Fsp3) is 0.500. The number of anilines is 1. The van der Waals surface area contributed by atoms with Crippen molar-refractivity contribution >= 4 is 17.5 Å². The van der Waals surface area contributed by atoms with Gasteiger partial charge in [0.05, 0.1) is 5.69 Å². The number of hydrogen-bond donors (Lipinski definition) is 1. The number of aryl methyl sites for hydroxylation is 2. The van der Waals surface area contributed by atoms with E-state index in [9.17, 15) is 9.59 Å². The zero-order valence-electron chi connectivity index (χ0n) is 17.3. The molecule has 1 N–H and O–H groups in total. The summed E-state index contributed by atoms with van der Waals surface area (Å²) in [5.41, 5.74) is 4.25. The van der Waals surface area contributed by atoms with Crippen LogP contribution in [0.25, 0.3) is 0 Å². The van der Waals surface area contributed by atoms with Gasteiger partial charge in [-0.05, 0) is 57.6 Å². The van der Waals surface area contributed by atoms with Crippen molar-refractivity contribution in [2.75, 3.05) is 18.4 Å². The van der Waals surface area contributed by atoms with Crippen LogP contribution in [0.4, 0.5) is 5.69 Å². The van der Waals surface area contributed by atoms with Gasteiger partial charge in [0.2, 0.25) is 0 Å². The molecule has 1 aliphatic heterocycles. The summed E-state index contributed by atoms with van der Waals surface area (Å²) in [6.07, 6.45) is 3.62. The van der Waals surface area contributed by atoms with E-state index < -0.39 is 0 Å². The van der Waals surface area contributed by atoms with Crippen molar-refractivity contribution in [2.24, 2.45) is 0 Å². The molecule has 0 spiro atoms. The molecule has 0 saturated carbocycles. The Kier molecular flexibility index (Phi) is 6.17. The van der Waals surface area contributed by atoms with Gasteiger partial charge in [0.15, 0.2) is 11.5 Å². The lowest BCUT2D eigenvalue weighted by Gasteiger charge is -2.21. The van der Waals surface area contributed by atoms with Gasteiger partial charge in [-0.1, -0.05) is 25.1 Å². The Morgan fingerprint density at radius 3 is 2.61 bits per heavy atom. The van der Waals surface area contributed by atoms with E-state index in [1.807, 2.05) is 43.5 Å². The number of carbonyl (C=O) groups is 2. The van der Waals surface area contributed by atoms with Crippen LogP contribution in [0.2, 0.25) is 0 Å². The van der Waals surface area contributed by atoms with Crippen LogP contribution in [0.3, 0.4) is 0 Å². The van der Waals surface area contributed by atoms with Crippen LogP contribution in [0, 0.1) is 6.92 Å². The number of benzene rings is 1. The largest absolute Gasteiger partial charge is 0.337 e. The standard InChI is InChI=1S/C22H30N4O2/c1-5-16-12-10-11-15(4)18(16)24-21(27)19-17-13-8-9-14-26(17)20(23-19)22(28)25(6-2)7-3/h10-12H,5-9,13-14H2,1-4H3,(H,24,27). The minimum Gasteiger partial charge on any atom is -0.337 e. The number of imidazole rings is 1. The highest BCUT2D eigenvalue weighted by molar-refractivity contribution is 6.05. The summed E-state index contributed by atoms with van der Waals surface area (Å²) in [5.74, 6) is 0.0645. The van der Waals surface area contributed by atoms with Crippen LogP contribution in [0.15, 0.2) is 18.2 Å². The second-order valence-corrected chi connectivity index (χ2v) is 7.23. The van der Waals surface area contributed by atoms with Gasteiger partial charge in [0.25, 0.3) is 11.8 Å². The summed E-state index contributed by atoms with van der Waals surface area (Å²) in [5, 5.41) is 3.07. The Bertz CT molecular complexity index is 881. The maximum Gasteiger partial charge on any atom is 0.289 e. The first kappa shape index (κ1) is 20.1. The lowest BCUT2D eigenvalue weighted by molar-refractivity contribution is 0.0754. The van der Waals surface area contributed by atoms with Crippen molar-refractivity contribution in [1.29, 1.82) is 0 Å². The van der Waals surface area contributed by atoms with Gasteiger partial charge in [-0.15, -0.1) is 0 Å². The molecule has 0 aliphatic carbocycles. The minimum atomic E-state index is -0.228. The monoisotopic (exact) mass is 382 g/mol. The van der Waals surface area contributed by atoms with Crippen LogP contribution >= 0.6 is 0 Å². The molecule has 28 heavy (non-hydrogen) atoms. The zero-order valence-corrected chi connectivity index (χ0v) is 17.3. The van der Waals surface area contributed by atoms with Crippen LogP contribution in [-0.2, 0) is 19.4 Å². The summed E-state index contributed by atoms with van der Waals surface area (Å²) < 4.78 is 1.96. The number of para-hydroxylation sites is 1. The third kappa shape index (κ3) is 3.68. The summed E-state index contributed by atoms with van der Waals surface area (Å²) >= 11 is 0. The average molecular weight is 383 g/mol. The molecule has 6 nitrogen and oxygen atoms in total. The third-order valence-electron chi connectivity index (χ3n) is 5.55. The van der Waals surface area contributed by atoms with Gasteiger partial charge >= 0.3 is 0 Å². The molecule has 2 amide bonds. The summed E-state index contributed by atoms with van der Waals surface area (Å²) in [6, 6.07) is 6.02. The Morgan fingerprint density at radius 1 is 1.18 bits per heavy atom. The number of aromatic nitrogens is 2. The number of nitrogens with zero attached hydrogens (tertiary/aromatic N) is 3. The molecular weight excluding hydrogens is 352 g/mol. The van der Waals surface area contributed by atoms with Crippen LogP contribution in [0.1, 0.15) is 71.5 Å². The van der Waals surface area contributed by atoms with Crippen LogP contribution in [0.5, 0.6) is 0 Å². The minimum absolute atomic E-state index is 0.0997. The third-order valence-corrected chi connectivity index (χ3v) is 5.55. The number of amides is 2. The second-order valence-electron chi connectivity index (χ2n) is 7.23. The first-order valence-electron chi connectivity index (χ1n) is 10.3. The first-order valence-corrected chi connectivity index (χ1v) is 10.3. The average Bonchev–Trinajstić information content (AvgIpc) is 3.10. The molecule has 2 aromatic rings. The normalized spacial score (nSPS) is 13.1. The molecule has 150 valence electrons. The van der Waals surface area contributed by atoms with E-state index in [-0.39, 0.29) is 11.8 Å². The molecule has 3 rings (SSSR count). The molecule has 2 heterocycles. The van der Waals surface area contributed by atoms with Crippen molar-refractivity contribution in [1.82, 2.24) is 14.5 Å². The van der Waals surface area contributed by atoms with Gasteiger partial charge in [0.1, 0.15) is 0 Å². The Morgan fingerprint density at radius 2 is 1.93 bits per heavy atom. The lowest BCUT2D eigenvalue weighted by Crippen LogP contribution is -2.33. The van der Waals surface area contributed by atoms with Crippen molar-refractivity contribution < 1.29 is 9.59 Å². The molecule has 1 aliphatic rings. The summed E-state index contributed by atoms with van der Waals surface area (Å²) in [7, 11) is 0. The molecule has 0 bridgehead atoms. The van der Waals surface area contributed by atoms with Crippen LogP contribution in [-0.4, -0.2) is 39.4 Å². The highest BCUT2D eigenvalue weighted by atomic mass is 16.2. The molecular formula is C22H30N4O2. The highest BCUT2D eigenvalue weighted by Gasteiger charge is 2.29. The summed E-state index contributed by atoms with van der Waals surface area (Å²) in [4.78, 5) is 32.4. The summed E-state index contributed by atoms with van der Waals surface area (Å²) in [6.45, 7) is 9.97. The zero-order chi connectivity index (χ0) is 20.3. The molecule has 1 aromatic heterocycles. The topological polar surface area (TPSA) is 67.2 Å². The number of hydrogen-bond acceptors (Lipinski definition) is 3. The van der Waals surface area contributed by atoms with Gasteiger partial charge in [-0.25, -0.2) is 4.98 Å². The van der Waals surface area contributed by atoms with E-state index in [0.29, 0.717) is 24.6 Å². The van der Waals surface area contributed by atoms with Gasteiger partial charge in [0, 0.05) is 25.3 Å². The van der Waals surface area contributed by atoms with Crippen molar-refractivity contribution in [3.05, 3.63) is 46.5 Å². The highest BCUT2D eigenvalue weighted by Crippen LogP contribution is 2.25. The first-order chi connectivity index (χ1) is 13.5. The van der Waals surface area contributed by atoms with Gasteiger partial charge in [-0.3, -0.25) is 9.59 Å². The number of carbonyl (C=O) groups excluding carboxylic acids is 2. The molecule has 0 atom stereocenters. The van der Waals surface area contributed by atoms with E-state index in [0.717, 1.165) is 54.7 Å². The number of nitrogens with one attached hydrogen (secondary N) is 1. The predicted molar refractivity (Wildman–Crippen MR) is 111 cm³/mol. The molecule has 1 aromatic carbocycles. The molecule has 0 unspecified atom stereocenters. The SMILES string of the molecule is CCc1cccc(C)c1NC(=O)c1nc(C(=O)N(CC)CC)n2c1CCCC2. The smallest absolute Gasteiger partial charge is 0.289 e. The molecule has 0 saturated heterocycles. The number of fused-ring (bicyclic) bond motifs is 1. The maximum absolute atomic E-state index is 13.1. The van der Waals surface area contributed by atoms with Crippen molar-refractivity contribution in [2.45, 2.75) is 59.9 Å². The fourth-order valence-corrected chi connectivity index (χ4v) is 3.92. The molecule has 0 fully saturated rings. The fourth-order valence-electron chi connectivity index (χ4n) is 3.92. The van der Waals surface area contributed by atoms with E-state index in [1.165, 1.54) is 0 Å². The maximum atomic E-state index is 13.1. The van der Waals surface area contributed by atoms with Crippen molar-refractivity contribution in [3.63, 3.8) is 0 Å². The Hall–Kier alpha value is -2.63. The predicted octanol–water partition coefficient (Wildman–Crippen LogP) is 3.82. The van der Waals surface area contributed by atoms with E-state index in [1.54, 1.807) is 4.90 Å². The number of rotatable bonds is 6. The Labute approximate surface area is 166 Å². The molecule has 6 heteroatoms. The van der Waals surface area contributed by atoms with E-state index in [4.69, 9.17) is 0 Å². The van der Waals surface area contributed by atoms with Crippen LogP contribution < -0.4 is 5.32 Å².